The van der Waals surface area contributed by atoms with E-state index in [1.54, 1.807) is 12.2 Å². The van der Waals surface area contributed by atoms with Gasteiger partial charge in [0.1, 0.15) is 18.3 Å². The fourth-order valence-electron chi connectivity index (χ4n) is 2.57. The van der Waals surface area contributed by atoms with Crippen molar-refractivity contribution in [3.05, 3.63) is 12.2 Å². The summed E-state index contributed by atoms with van der Waals surface area (Å²) in [6.45, 7) is 0. The number of aliphatic hydroxyl groups excluding tert-OH is 3. The highest BCUT2D eigenvalue weighted by atomic mass is 35.5. The first-order valence-corrected chi connectivity index (χ1v) is 6.17. The highest BCUT2D eigenvalue weighted by Gasteiger charge is 2.33. The summed E-state index contributed by atoms with van der Waals surface area (Å²) >= 11 is 0. The monoisotopic (exact) mass is 263 g/mol. The number of nitrogens with one attached hydrogen (secondary N) is 1. The smallest absolute Gasteiger partial charge is 0.111 e. The van der Waals surface area contributed by atoms with Crippen molar-refractivity contribution in [2.45, 2.75) is 62.5 Å². The van der Waals surface area contributed by atoms with E-state index in [2.05, 4.69) is 5.32 Å². The van der Waals surface area contributed by atoms with Gasteiger partial charge in [-0.3, -0.25) is 0 Å². The number of rotatable bonds is 2. The molecule has 0 spiro atoms. The van der Waals surface area contributed by atoms with Crippen molar-refractivity contribution in [1.29, 1.82) is 0 Å². The van der Waals surface area contributed by atoms with Crippen molar-refractivity contribution in [2.24, 2.45) is 0 Å². The molecular formula is C12H22ClNO3. The Kier molecular flexibility index (Phi) is 5.89. The zero-order chi connectivity index (χ0) is 11.5. The largest absolute Gasteiger partial charge is 0.388 e. The molecule has 5 heteroatoms. The van der Waals surface area contributed by atoms with E-state index in [0.29, 0.717) is 6.04 Å². The van der Waals surface area contributed by atoms with Crippen LogP contribution >= 0.6 is 12.4 Å². The van der Waals surface area contributed by atoms with E-state index in [9.17, 15) is 15.3 Å². The fraction of sp³-hybridized carbons (Fsp3) is 0.833. The number of hydrogen-bond acceptors (Lipinski definition) is 4. The SMILES string of the molecule is Cl.O[C@H]1[C@H](O)[C@@H](NC2CCCCC2)C=C[C@H]1O. The van der Waals surface area contributed by atoms with Crippen molar-refractivity contribution < 1.29 is 15.3 Å². The zero-order valence-electron chi connectivity index (χ0n) is 9.83. The molecule has 1 fully saturated rings. The molecule has 2 aliphatic carbocycles. The standard InChI is InChI=1S/C12H21NO3.ClH/c14-10-7-6-9(11(15)12(10)16)13-8-4-2-1-3-5-8;/h6-16H,1-5H2;1H/t9-,10+,11+,12+;/m0./s1. The highest BCUT2D eigenvalue weighted by Crippen LogP contribution is 2.20. The Morgan fingerprint density at radius 3 is 2.18 bits per heavy atom. The molecule has 0 amide bonds. The van der Waals surface area contributed by atoms with Crippen LogP contribution in [0.4, 0.5) is 0 Å². The van der Waals surface area contributed by atoms with Gasteiger partial charge in [-0.15, -0.1) is 12.4 Å². The van der Waals surface area contributed by atoms with Crippen LogP contribution in [0.2, 0.25) is 0 Å². The van der Waals surface area contributed by atoms with Gasteiger partial charge < -0.3 is 20.6 Å². The van der Waals surface area contributed by atoms with Gasteiger partial charge in [0.15, 0.2) is 0 Å². The maximum absolute atomic E-state index is 9.81. The third-order valence-corrected chi connectivity index (χ3v) is 3.62. The topological polar surface area (TPSA) is 72.7 Å². The zero-order valence-corrected chi connectivity index (χ0v) is 10.6. The molecule has 4 atom stereocenters. The van der Waals surface area contributed by atoms with Gasteiger partial charge in [0, 0.05) is 6.04 Å². The summed E-state index contributed by atoms with van der Waals surface area (Å²) in [5, 5.41) is 32.1. The summed E-state index contributed by atoms with van der Waals surface area (Å²) in [5.74, 6) is 0. The second-order valence-electron chi connectivity index (χ2n) is 4.88. The molecule has 2 rings (SSSR count). The van der Waals surface area contributed by atoms with Gasteiger partial charge in [0.25, 0.3) is 0 Å². The van der Waals surface area contributed by atoms with Crippen LogP contribution in [0, 0.1) is 0 Å². The summed E-state index contributed by atoms with van der Waals surface area (Å²) < 4.78 is 0. The Labute approximate surface area is 108 Å². The maximum Gasteiger partial charge on any atom is 0.111 e. The van der Waals surface area contributed by atoms with Crippen LogP contribution in [0.1, 0.15) is 32.1 Å². The number of halogens is 1. The second kappa shape index (κ2) is 6.71. The van der Waals surface area contributed by atoms with Crippen LogP contribution in [0.5, 0.6) is 0 Å². The van der Waals surface area contributed by atoms with Crippen molar-refractivity contribution in [2.75, 3.05) is 0 Å². The lowest BCUT2D eigenvalue weighted by molar-refractivity contribution is -0.0582. The van der Waals surface area contributed by atoms with E-state index in [1.807, 2.05) is 0 Å². The lowest BCUT2D eigenvalue weighted by atomic mass is 9.90. The number of hydrogen-bond donors (Lipinski definition) is 4. The number of aliphatic hydroxyl groups is 3. The highest BCUT2D eigenvalue weighted by molar-refractivity contribution is 5.85. The molecule has 4 nitrogen and oxygen atoms in total. The molecule has 0 aliphatic heterocycles. The predicted molar refractivity (Wildman–Crippen MR) is 68.2 cm³/mol. The van der Waals surface area contributed by atoms with Gasteiger partial charge in [0.05, 0.1) is 6.04 Å². The summed E-state index contributed by atoms with van der Waals surface area (Å²) in [7, 11) is 0. The van der Waals surface area contributed by atoms with Crippen molar-refractivity contribution in [3.63, 3.8) is 0 Å². The molecular weight excluding hydrogens is 242 g/mol. The Bertz CT molecular complexity index is 256. The van der Waals surface area contributed by atoms with Crippen LogP contribution in [-0.2, 0) is 0 Å². The van der Waals surface area contributed by atoms with Gasteiger partial charge in [-0.2, -0.15) is 0 Å². The van der Waals surface area contributed by atoms with Crippen LogP contribution in [0.25, 0.3) is 0 Å². The van der Waals surface area contributed by atoms with Crippen LogP contribution in [0.3, 0.4) is 0 Å². The molecule has 0 radical (unpaired) electrons. The third-order valence-electron chi connectivity index (χ3n) is 3.62. The van der Waals surface area contributed by atoms with Crippen molar-refractivity contribution in [3.8, 4) is 0 Å². The fourth-order valence-corrected chi connectivity index (χ4v) is 2.57. The maximum atomic E-state index is 9.81. The predicted octanol–water partition coefficient (Wildman–Crippen LogP) is 0.352. The molecule has 100 valence electrons. The molecule has 2 aliphatic rings. The Hall–Kier alpha value is -0.130. The minimum Gasteiger partial charge on any atom is -0.388 e. The van der Waals surface area contributed by atoms with Crippen LogP contribution in [0.15, 0.2) is 12.2 Å². The van der Waals surface area contributed by atoms with Gasteiger partial charge in [-0.25, -0.2) is 0 Å². The summed E-state index contributed by atoms with van der Waals surface area (Å²) in [5.41, 5.74) is 0. The van der Waals surface area contributed by atoms with Crippen LogP contribution in [-0.4, -0.2) is 45.7 Å². The van der Waals surface area contributed by atoms with E-state index < -0.39 is 18.3 Å². The molecule has 0 heterocycles. The van der Waals surface area contributed by atoms with Gasteiger partial charge in [-0.1, -0.05) is 31.4 Å². The van der Waals surface area contributed by atoms with E-state index in [4.69, 9.17) is 0 Å². The first-order chi connectivity index (χ1) is 7.68. The van der Waals surface area contributed by atoms with Gasteiger partial charge in [-0.05, 0) is 12.8 Å². The molecule has 0 aromatic heterocycles. The van der Waals surface area contributed by atoms with E-state index in [1.165, 1.54) is 19.3 Å². The molecule has 0 bridgehead atoms. The molecule has 0 aromatic carbocycles. The molecule has 17 heavy (non-hydrogen) atoms. The summed E-state index contributed by atoms with van der Waals surface area (Å²) in [6, 6.07) is 0.196. The lowest BCUT2D eigenvalue weighted by Gasteiger charge is -2.35. The van der Waals surface area contributed by atoms with Gasteiger partial charge >= 0.3 is 0 Å². The van der Waals surface area contributed by atoms with E-state index in [0.717, 1.165) is 12.8 Å². The average Bonchev–Trinajstić information content (AvgIpc) is 2.31. The Morgan fingerprint density at radius 2 is 1.53 bits per heavy atom. The normalized spacial score (nSPS) is 38.8. The van der Waals surface area contributed by atoms with Crippen molar-refractivity contribution >= 4 is 12.4 Å². The molecule has 1 saturated carbocycles. The Morgan fingerprint density at radius 1 is 0.882 bits per heavy atom. The quantitative estimate of drug-likeness (QED) is 0.543. The Balaban J connectivity index is 0.00000144. The second-order valence-corrected chi connectivity index (χ2v) is 4.88. The molecule has 0 saturated heterocycles. The minimum atomic E-state index is -1.08. The molecule has 0 aromatic rings. The summed E-state index contributed by atoms with van der Waals surface area (Å²) in [6.07, 6.45) is 6.40. The summed E-state index contributed by atoms with van der Waals surface area (Å²) in [4.78, 5) is 0. The van der Waals surface area contributed by atoms with Crippen molar-refractivity contribution in [1.82, 2.24) is 5.32 Å². The first-order valence-electron chi connectivity index (χ1n) is 6.17. The molecule has 0 unspecified atom stereocenters. The first kappa shape index (κ1) is 14.9. The lowest BCUT2D eigenvalue weighted by Crippen LogP contribution is -2.54. The average molecular weight is 264 g/mol. The molecule has 4 N–H and O–H groups in total. The van der Waals surface area contributed by atoms with E-state index >= 15 is 0 Å². The van der Waals surface area contributed by atoms with Crippen LogP contribution < -0.4 is 5.32 Å². The van der Waals surface area contributed by atoms with Gasteiger partial charge in [0.2, 0.25) is 0 Å². The minimum absolute atomic E-state index is 0. The van der Waals surface area contributed by atoms with E-state index in [-0.39, 0.29) is 18.4 Å². The third kappa shape index (κ3) is 3.66.